The van der Waals surface area contributed by atoms with Crippen molar-refractivity contribution in [2.45, 2.75) is 19.4 Å². The summed E-state index contributed by atoms with van der Waals surface area (Å²) in [5, 5.41) is 10.8. The molecular weight excluding hydrogens is 269 g/mol. The Morgan fingerprint density at radius 2 is 1.78 bits per heavy atom. The lowest BCUT2D eigenvalue weighted by molar-refractivity contribution is 0.220. The third-order valence-electron chi connectivity index (χ3n) is 2.84. The first-order valence-electron chi connectivity index (χ1n) is 5.70. The maximum Gasteiger partial charge on any atom is 0.136 e. The van der Waals surface area contributed by atoms with Crippen LogP contribution in [0.5, 0.6) is 0 Å². The molecule has 1 aromatic heterocycles. The molecule has 0 aliphatic carbocycles. The lowest BCUT2D eigenvalue weighted by atomic mass is 10.0. The van der Waals surface area contributed by atoms with Crippen molar-refractivity contribution in [3.05, 3.63) is 63.4 Å². The summed E-state index contributed by atoms with van der Waals surface area (Å²) in [6.07, 6.45) is 0.188. The van der Waals surface area contributed by atoms with Gasteiger partial charge < -0.3 is 5.11 Å². The number of benzene rings is 1. The Hall–Kier alpha value is -1.09. The molecule has 0 aliphatic heterocycles. The number of hydrogen-bond donors (Lipinski definition) is 1. The topological polar surface area (TPSA) is 33.1 Å². The van der Waals surface area contributed by atoms with Crippen molar-refractivity contribution in [3.63, 3.8) is 0 Å². The Balaban J connectivity index is 2.31. The van der Waals surface area contributed by atoms with E-state index in [0.717, 1.165) is 12.0 Å². The predicted molar refractivity (Wildman–Crippen MR) is 74.1 cm³/mol. The molecule has 0 fully saturated rings. The molecule has 18 heavy (non-hydrogen) atoms. The Morgan fingerprint density at radius 1 is 1.11 bits per heavy atom. The van der Waals surface area contributed by atoms with Crippen molar-refractivity contribution in [1.29, 1.82) is 0 Å². The number of aliphatic hydroxyl groups excluding tert-OH is 1. The summed E-state index contributed by atoms with van der Waals surface area (Å²) >= 11 is 11.7. The van der Waals surface area contributed by atoms with Crippen LogP contribution in [-0.4, -0.2) is 10.1 Å². The molecule has 2 rings (SSSR count). The highest BCUT2D eigenvalue weighted by molar-refractivity contribution is 6.32. The van der Waals surface area contributed by atoms with Crippen molar-refractivity contribution in [2.24, 2.45) is 0 Å². The highest BCUT2D eigenvalue weighted by Crippen LogP contribution is 2.28. The monoisotopic (exact) mass is 281 g/mol. The van der Waals surface area contributed by atoms with Gasteiger partial charge in [-0.15, -0.1) is 0 Å². The average Bonchev–Trinajstić information content (AvgIpc) is 2.38. The van der Waals surface area contributed by atoms with E-state index in [4.69, 9.17) is 23.2 Å². The second-order valence-electron chi connectivity index (χ2n) is 4.01. The molecular formula is C14H13Cl2NO. The van der Waals surface area contributed by atoms with Crippen LogP contribution in [0.3, 0.4) is 0 Å². The van der Waals surface area contributed by atoms with Crippen molar-refractivity contribution in [1.82, 2.24) is 4.98 Å². The highest BCUT2D eigenvalue weighted by atomic mass is 35.5. The normalized spacial score (nSPS) is 12.4. The molecule has 0 radical (unpaired) electrons. The van der Waals surface area contributed by atoms with Gasteiger partial charge in [0, 0.05) is 5.56 Å². The first-order chi connectivity index (χ1) is 8.61. The van der Waals surface area contributed by atoms with Gasteiger partial charge in [-0.3, -0.25) is 0 Å². The minimum Gasteiger partial charge on any atom is -0.384 e. The van der Waals surface area contributed by atoms with Gasteiger partial charge in [0.05, 0.1) is 0 Å². The molecule has 1 unspecified atom stereocenters. The maximum atomic E-state index is 10.3. The van der Waals surface area contributed by atoms with Crippen molar-refractivity contribution in [2.75, 3.05) is 0 Å². The van der Waals surface area contributed by atoms with Gasteiger partial charge in [0.2, 0.25) is 0 Å². The summed E-state index contributed by atoms with van der Waals surface area (Å²) in [6.45, 7) is 2.09. The number of rotatable bonds is 3. The standard InChI is InChI=1S/C14H13Cl2NO/c1-2-9-3-5-10(6-4-9)13(18)11-7-8-12(15)17-14(11)16/h3-8,13,18H,2H2,1H3. The summed E-state index contributed by atoms with van der Waals surface area (Å²) in [5.41, 5.74) is 2.58. The smallest absolute Gasteiger partial charge is 0.136 e. The molecule has 0 spiro atoms. The van der Waals surface area contributed by atoms with Gasteiger partial charge in [-0.2, -0.15) is 0 Å². The van der Waals surface area contributed by atoms with E-state index in [1.54, 1.807) is 12.1 Å². The Kier molecular flexibility index (Phi) is 4.23. The van der Waals surface area contributed by atoms with Gasteiger partial charge in [0.25, 0.3) is 0 Å². The van der Waals surface area contributed by atoms with Crippen LogP contribution in [0.2, 0.25) is 10.3 Å². The molecule has 0 saturated heterocycles. The molecule has 2 nitrogen and oxygen atoms in total. The summed E-state index contributed by atoms with van der Waals surface area (Å²) < 4.78 is 0. The molecule has 0 aliphatic rings. The molecule has 1 aromatic carbocycles. The van der Waals surface area contributed by atoms with Crippen molar-refractivity contribution in [3.8, 4) is 0 Å². The molecule has 4 heteroatoms. The first kappa shape index (κ1) is 13.3. The number of aryl methyl sites for hydroxylation is 1. The molecule has 0 amide bonds. The molecule has 1 N–H and O–H groups in total. The van der Waals surface area contributed by atoms with Crippen LogP contribution in [0, 0.1) is 0 Å². The number of aromatic nitrogens is 1. The van der Waals surface area contributed by atoms with E-state index in [9.17, 15) is 5.11 Å². The SMILES string of the molecule is CCc1ccc(C(O)c2ccc(Cl)nc2Cl)cc1. The van der Waals surface area contributed by atoms with Crippen LogP contribution in [0.1, 0.15) is 29.7 Å². The van der Waals surface area contributed by atoms with Crippen LogP contribution < -0.4 is 0 Å². The van der Waals surface area contributed by atoms with Crippen LogP contribution in [0.4, 0.5) is 0 Å². The largest absolute Gasteiger partial charge is 0.384 e. The van der Waals surface area contributed by atoms with Gasteiger partial charge in [0.15, 0.2) is 0 Å². The summed E-state index contributed by atoms with van der Waals surface area (Å²) in [7, 11) is 0. The van der Waals surface area contributed by atoms with E-state index in [0.29, 0.717) is 10.7 Å². The van der Waals surface area contributed by atoms with E-state index in [2.05, 4.69) is 11.9 Å². The summed E-state index contributed by atoms with van der Waals surface area (Å²) in [4.78, 5) is 3.92. The molecule has 0 saturated carbocycles. The van der Waals surface area contributed by atoms with Crippen LogP contribution >= 0.6 is 23.2 Å². The zero-order valence-electron chi connectivity index (χ0n) is 9.90. The van der Waals surface area contributed by atoms with E-state index in [-0.39, 0.29) is 5.15 Å². The molecule has 94 valence electrons. The zero-order valence-corrected chi connectivity index (χ0v) is 11.4. The number of pyridine rings is 1. The van der Waals surface area contributed by atoms with E-state index < -0.39 is 6.10 Å². The van der Waals surface area contributed by atoms with E-state index in [1.165, 1.54) is 5.56 Å². The van der Waals surface area contributed by atoms with Crippen molar-refractivity contribution >= 4 is 23.2 Å². The maximum absolute atomic E-state index is 10.3. The highest BCUT2D eigenvalue weighted by Gasteiger charge is 2.15. The fraction of sp³-hybridized carbons (Fsp3) is 0.214. The van der Waals surface area contributed by atoms with E-state index >= 15 is 0 Å². The zero-order chi connectivity index (χ0) is 13.1. The average molecular weight is 282 g/mol. The second-order valence-corrected chi connectivity index (χ2v) is 4.76. The Bertz CT molecular complexity index is 540. The first-order valence-corrected chi connectivity index (χ1v) is 6.46. The molecule has 0 bridgehead atoms. The van der Waals surface area contributed by atoms with Gasteiger partial charge in [-0.1, -0.05) is 54.4 Å². The number of hydrogen-bond acceptors (Lipinski definition) is 2. The lowest BCUT2D eigenvalue weighted by Crippen LogP contribution is -2.01. The Labute approximate surface area is 116 Å². The third kappa shape index (κ3) is 2.83. The molecule has 2 aromatic rings. The van der Waals surface area contributed by atoms with Gasteiger partial charge in [0.1, 0.15) is 16.4 Å². The van der Waals surface area contributed by atoms with Crippen LogP contribution in [-0.2, 0) is 6.42 Å². The summed E-state index contributed by atoms with van der Waals surface area (Å²) in [5.74, 6) is 0. The minimum atomic E-state index is -0.784. The minimum absolute atomic E-state index is 0.231. The van der Waals surface area contributed by atoms with Gasteiger partial charge in [-0.05, 0) is 29.7 Å². The summed E-state index contributed by atoms with van der Waals surface area (Å²) in [6, 6.07) is 11.1. The molecule has 1 atom stereocenters. The number of nitrogens with zero attached hydrogens (tertiary/aromatic N) is 1. The molecule has 1 heterocycles. The van der Waals surface area contributed by atoms with E-state index in [1.807, 2.05) is 24.3 Å². The van der Waals surface area contributed by atoms with Crippen LogP contribution in [0.15, 0.2) is 36.4 Å². The predicted octanol–water partition coefficient (Wildman–Crippen LogP) is 4.03. The quantitative estimate of drug-likeness (QED) is 0.862. The van der Waals surface area contributed by atoms with Crippen LogP contribution in [0.25, 0.3) is 0 Å². The van der Waals surface area contributed by atoms with Gasteiger partial charge >= 0.3 is 0 Å². The second kappa shape index (κ2) is 5.70. The number of halogens is 2. The third-order valence-corrected chi connectivity index (χ3v) is 3.36. The lowest BCUT2D eigenvalue weighted by Gasteiger charge is -2.13. The van der Waals surface area contributed by atoms with Crippen molar-refractivity contribution < 1.29 is 5.11 Å². The fourth-order valence-corrected chi connectivity index (χ4v) is 2.19. The number of aliphatic hydroxyl groups is 1. The Morgan fingerprint density at radius 3 is 2.33 bits per heavy atom. The fourth-order valence-electron chi connectivity index (χ4n) is 1.74. The van der Waals surface area contributed by atoms with Gasteiger partial charge in [-0.25, -0.2) is 4.98 Å².